The second-order valence-corrected chi connectivity index (χ2v) is 7.23. The molecular formula is C14H12N2O3S2. The minimum Gasteiger partial charge on any atom is -0.354 e. The van der Waals surface area contributed by atoms with E-state index in [4.69, 9.17) is 4.52 Å². The first-order valence-electron chi connectivity index (χ1n) is 6.16. The Labute approximate surface area is 126 Å². The van der Waals surface area contributed by atoms with E-state index in [9.17, 15) is 8.42 Å². The van der Waals surface area contributed by atoms with Crippen molar-refractivity contribution in [3.05, 3.63) is 53.5 Å². The molecule has 0 aliphatic rings. The lowest BCUT2D eigenvalue weighted by Crippen LogP contribution is -2.12. The van der Waals surface area contributed by atoms with Crippen molar-refractivity contribution in [3.8, 4) is 11.3 Å². The zero-order chi connectivity index (χ0) is 14.9. The zero-order valence-electron chi connectivity index (χ0n) is 11.1. The molecule has 3 rings (SSSR count). The maximum absolute atomic E-state index is 12.3. The Morgan fingerprint density at radius 1 is 1.14 bits per heavy atom. The SMILES string of the molecule is Cc1noc(-c2ccccc2)c1NS(=O)(=O)c1cccs1. The van der Waals surface area contributed by atoms with E-state index in [-0.39, 0.29) is 4.21 Å². The second-order valence-electron chi connectivity index (χ2n) is 4.38. The molecule has 2 heterocycles. The number of hydrogen-bond donors (Lipinski definition) is 1. The molecule has 0 amide bonds. The van der Waals surface area contributed by atoms with Gasteiger partial charge in [-0.05, 0) is 18.4 Å². The van der Waals surface area contributed by atoms with Crippen LogP contribution in [0.15, 0.2) is 56.6 Å². The molecule has 5 nitrogen and oxygen atoms in total. The third-order valence-corrected chi connectivity index (χ3v) is 5.64. The van der Waals surface area contributed by atoms with Crippen molar-refractivity contribution in [3.63, 3.8) is 0 Å². The molecule has 0 unspecified atom stereocenters. The van der Waals surface area contributed by atoms with E-state index in [1.165, 1.54) is 0 Å². The van der Waals surface area contributed by atoms with Gasteiger partial charge in [0.1, 0.15) is 15.6 Å². The summed E-state index contributed by atoms with van der Waals surface area (Å²) >= 11 is 1.16. The van der Waals surface area contributed by atoms with Crippen LogP contribution in [0.25, 0.3) is 11.3 Å². The number of nitrogens with zero attached hydrogens (tertiary/aromatic N) is 1. The van der Waals surface area contributed by atoms with Gasteiger partial charge in [-0.1, -0.05) is 41.6 Å². The summed E-state index contributed by atoms with van der Waals surface area (Å²) in [6, 6.07) is 12.5. The van der Waals surface area contributed by atoms with Gasteiger partial charge < -0.3 is 4.52 Å². The molecule has 0 aliphatic heterocycles. The van der Waals surface area contributed by atoms with Crippen molar-refractivity contribution >= 4 is 27.0 Å². The van der Waals surface area contributed by atoms with Crippen molar-refractivity contribution in [2.45, 2.75) is 11.1 Å². The van der Waals surface area contributed by atoms with E-state index in [0.717, 1.165) is 16.9 Å². The van der Waals surface area contributed by atoms with Gasteiger partial charge in [0, 0.05) is 5.56 Å². The molecule has 1 N–H and O–H groups in total. The van der Waals surface area contributed by atoms with Crippen LogP contribution in [0.5, 0.6) is 0 Å². The normalized spacial score (nSPS) is 11.5. The first kappa shape index (κ1) is 13.8. The third kappa shape index (κ3) is 2.70. The molecule has 1 aromatic carbocycles. The van der Waals surface area contributed by atoms with Gasteiger partial charge in [-0.15, -0.1) is 11.3 Å². The largest absolute Gasteiger partial charge is 0.354 e. The number of aryl methyl sites for hydroxylation is 1. The number of rotatable bonds is 4. The molecular weight excluding hydrogens is 308 g/mol. The molecule has 0 saturated heterocycles. The fraction of sp³-hybridized carbons (Fsp3) is 0.0714. The van der Waals surface area contributed by atoms with Crippen molar-refractivity contribution in [1.82, 2.24) is 5.16 Å². The van der Waals surface area contributed by atoms with Crippen molar-refractivity contribution < 1.29 is 12.9 Å². The highest BCUT2D eigenvalue weighted by molar-refractivity contribution is 7.94. The van der Waals surface area contributed by atoms with Gasteiger partial charge in [-0.3, -0.25) is 4.72 Å². The van der Waals surface area contributed by atoms with Crippen LogP contribution in [-0.2, 0) is 10.0 Å². The van der Waals surface area contributed by atoms with Crippen molar-refractivity contribution in [1.29, 1.82) is 0 Å². The summed E-state index contributed by atoms with van der Waals surface area (Å²) in [6.45, 7) is 1.70. The fourth-order valence-corrected chi connectivity index (χ4v) is 3.99. The standard InChI is InChI=1S/C14H12N2O3S2/c1-10-13(16-21(17,18)12-8-5-9-20-12)14(19-15-10)11-6-3-2-4-7-11/h2-9,16H,1H3. The van der Waals surface area contributed by atoms with E-state index in [0.29, 0.717) is 17.1 Å². The van der Waals surface area contributed by atoms with E-state index >= 15 is 0 Å². The van der Waals surface area contributed by atoms with Gasteiger partial charge in [0.25, 0.3) is 10.0 Å². The average molecular weight is 320 g/mol. The highest BCUT2D eigenvalue weighted by Gasteiger charge is 2.22. The van der Waals surface area contributed by atoms with Crippen LogP contribution in [0.2, 0.25) is 0 Å². The Kier molecular flexibility index (Phi) is 3.52. The van der Waals surface area contributed by atoms with Gasteiger partial charge in [-0.2, -0.15) is 0 Å². The lowest BCUT2D eigenvalue weighted by molar-refractivity contribution is 0.427. The number of anilines is 1. The quantitative estimate of drug-likeness (QED) is 0.798. The Balaban J connectivity index is 2.03. The summed E-state index contributed by atoms with van der Waals surface area (Å²) in [6.07, 6.45) is 0. The molecule has 0 radical (unpaired) electrons. The topological polar surface area (TPSA) is 72.2 Å². The molecule has 2 aromatic heterocycles. The summed E-state index contributed by atoms with van der Waals surface area (Å²) < 4.78 is 32.7. The molecule has 0 aliphatic carbocycles. The van der Waals surface area contributed by atoms with E-state index in [1.54, 1.807) is 24.4 Å². The molecule has 0 spiro atoms. The predicted octanol–water partition coefficient (Wildman–Crippen LogP) is 3.51. The van der Waals surface area contributed by atoms with Crippen LogP contribution in [0.4, 0.5) is 5.69 Å². The number of nitrogens with one attached hydrogen (secondary N) is 1. The van der Waals surface area contributed by atoms with Crippen LogP contribution in [0, 0.1) is 6.92 Å². The molecule has 0 fully saturated rings. The number of hydrogen-bond acceptors (Lipinski definition) is 5. The molecule has 0 atom stereocenters. The Morgan fingerprint density at radius 3 is 2.57 bits per heavy atom. The minimum absolute atomic E-state index is 0.252. The molecule has 0 bridgehead atoms. The summed E-state index contributed by atoms with van der Waals surface area (Å²) in [5.41, 5.74) is 1.63. The van der Waals surface area contributed by atoms with E-state index in [2.05, 4.69) is 9.88 Å². The lowest BCUT2D eigenvalue weighted by atomic mass is 10.1. The number of sulfonamides is 1. The van der Waals surface area contributed by atoms with Gasteiger partial charge >= 0.3 is 0 Å². The maximum Gasteiger partial charge on any atom is 0.271 e. The Hall–Kier alpha value is -2.12. The molecule has 0 saturated carbocycles. The second kappa shape index (κ2) is 5.34. The van der Waals surface area contributed by atoms with Gasteiger partial charge in [0.2, 0.25) is 0 Å². The Bertz CT molecular complexity index is 838. The minimum atomic E-state index is -3.62. The van der Waals surface area contributed by atoms with Crippen molar-refractivity contribution in [2.75, 3.05) is 4.72 Å². The van der Waals surface area contributed by atoms with Gasteiger partial charge in [0.15, 0.2) is 5.76 Å². The maximum atomic E-state index is 12.3. The summed E-state index contributed by atoms with van der Waals surface area (Å²) in [5, 5.41) is 5.58. The molecule has 7 heteroatoms. The average Bonchev–Trinajstić information content (AvgIpc) is 3.11. The number of aromatic nitrogens is 1. The van der Waals surface area contributed by atoms with Crippen LogP contribution >= 0.6 is 11.3 Å². The molecule has 3 aromatic rings. The number of benzene rings is 1. The monoisotopic (exact) mass is 320 g/mol. The highest BCUT2D eigenvalue weighted by Crippen LogP contribution is 2.32. The molecule has 21 heavy (non-hydrogen) atoms. The van der Waals surface area contributed by atoms with E-state index < -0.39 is 10.0 Å². The zero-order valence-corrected chi connectivity index (χ0v) is 12.7. The first-order valence-corrected chi connectivity index (χ1v) is 8.52. The first-order chi connectivity index (χ1) is 10.1. The van der Waals surface area contributed by atoms with Gasteiger partial charge in [-0.25, -0.2) is 8.42 Å². The van der Waals surface area contributed by atoms with Crippen LogP contribution in [-0.4, -0.2) is 13.6 Å². The van der Waals surface area contributed by atoms with Crippen LogP contribution in [0.3, 0.4) is 0 Å². The van der Waals surface area contributed by atoms with E-state index in [1.807, 2.05) is 30.3 Å². The Morgan fingerprint density at radius 2 is 1.90 bits per heavy atom. The van der Waals surface area contributed by atoms with Gasteiger partial charge in [0.05, 0.1) is 0 Å². The van der Waals surface area contributed by atoms with Crippen LogP contribution in [0.1, 0.15) is 5.69 Å². The van der Waals surface area contributed by atoms with Crippen LogP contribution < -0.4 is 4.72 Å². The number of thiophene rings is 1. The summed E-state index contributed by atoms with van der Waals surface area (Å²) in [4.78, 5) is 0. The highest BCUT2D eigenvalue weighted by atomic mass is 32.2. The predicted molar refractivity (Wildman–Crippen MR) is 81.8 cm³/mol. The summed E-state index contributed by atoms with van der Waals surface area (Å²) in [5.74, 6) is 0.410. The molecule has 108 valence electrons. The fourth-order valence-electron chi connectivity index (χ4n) is 1.88. The summed E-state index contributed by atoms with van der Waals surface area (Å²) in [7, 11) is -3.62. The third-order valence-electron chi connectivity index (χ3n) is 2.90. The van der Waals surface area contributed by atoms with Crippen molar-refractivity contribution in [2.24, 2.45) is 0 Å². The lowest BCUT2D eigenvalue weighted by Gasteiger charge is -2.06. The smallest absolute Gasteiger partial charge is 0.271 e.